The van der Waals surface area contributed by atoms with Crippen molar-refractivity contribution >= 4 is 33.5 Å². The SMILES string of the molecule is CCC12COC(=O)N1CCN(c1ncnc3sc(C)c(C)c13)C2. The predicted molar refractivity (Wildman–Crippen MR) is 90.2 cm³/mol. The number of cyclic esters (lactones) is 1. The van der Waals surface area contributed by atoms with Gasteiger partial charge in [0.05, 0.1) is 10.9 Å². The summed E-state index contributed by atoms with van der Waals surface area (Å²) in [4.78, 5) is 27.5. The summed E-state index contributed by atoms with van der Waals surface area (Å²) in [7, 11) is 0. The highest BCUT2D eigenvalue weighted by molar-refractivity contribution is 7.18. The van der Waals surface area contributed by atoms with Crippen molar-refractivity contribution in [3.63, 3.8) is 0 Å². The third kappa shape index (κ3) is 2.02. The first-order valence-corrected chi connectivity index (χ1v) is 8.77. The van der Waals surface area contributed by atoms with E-state index in [4.69, 9.17) is 4.74 Å². The van der Waals surface area contributed by atoms with E-state index in [1.165, 1.54) is 10.4 Å². The molecule has 4 heterocycles. The fourth-order valence-electron chi connectivity index (χ4n) is 3.65. The molecule has 0 aromatic carbocycles. The molecule has 23 heavy (non-hydrogen) atoms. The van der Waals surface area contributed by atoms with Crippen LogP contribution in [0.4, 0.5) is 10.6 Å². The summed E-state index contributed by atoms with van der Waals surface area (Å²) in [5.74, 6) is 0.990. The van der Waals surface area contributed by atoms with Crippen molar-refractivity contribution in [2.45, 2.75) is 32.7 Å². The fraction of sp³-hybridized carbons (Fsp3) is 0.562. The van der Waals surface area contributed by atoms with Crippen LogP contribution in [0.1, 0.15) is 23.8 Å². The topological polar surface area (TPSA) is 58.6 Å². The van der Waals surface area contributed by atoms with Gasteiger partial charge in [0, 0.05) is 24.5 Å². The van der Waals surface area contributed by atoms with Crippen molar-refractivity contribution in [1.29, 1.82) is 0 Å². The summed E-state index contributed by atoms with van der Waals surface area (Å²) >= 11 is 1.71. The number of amides is 1. The van der Waals surface area contributed by atoms with E-state index < -0.39 is 0 Å². The summed E-state index contributed by atoms with van der Waals surface area (Å²) in [6.07, 6.45) is 2.35. The molecule has 2 fully saturated rings. The maximum absolute atomic E-state index is 11.9. The van der Waals surface area contributed by atoms with Crippen LogP contribution in [0.2, 0.25) is 0 Å². The van der Waals surface area contributed by atoms with Crippen LogP contribution in [-0.2, 0) is 4.74 Å². The summed E-state index contributed by atoms with van der Waals surface area (Å²) < 4.78 is 5.32. The first-order chi connectivity index (χ1) is 11.1. The van der Waals surface area contributed by atoms with Gasteiger partial charge in [0.15, 0.2) is 0 Å². The monoisotopic (exact) mass is 332 g/mol. The van der Waals surface area contributed by atoms with E-state index in [1.807, 2.05) is 4.90 Å². The number of aromatic nitrogens is 2. The van der Waals surface area contributed by atoms with Crippen LogP contribution in [0.15, 0.2) is 6.33 Å². The molecule has 0 aliphatic carbocycles. The Kier molecular flexibility index (Phi) is 3.23. The molecule has 1 amide bonds. The molecule has 6 nitrogen and oxygen atoms in total. The standard InChI is InChI=1S/C16H20N4O2S/c1-4-16-7-19(5-6-20(16)15(21)22-8-16)13-12-10(2)11(3)23-14(12)18-9-17-13/h9H,4-8H2,1-3H3. The van der Waals surface area contributed by atoms with Gasteiger partial charge < -0.3 is 9.64 Å². The van der Waals surface area contributed by atoms with Crippen molar-refractivity contribution < 1.29 is 9.53 Å². The van der Waals surface area contributed by atoms with Gasteiger partial charge in [-0.25, -0.2) is 14.8 Å². The van der Waals surface area contributed by atoms with Gasteiger partial charge in [0.2, 0.25) is 0 Å². The van der Waals surface area contributed by atoms with Crippen LogP contribution in [0.5, 0.6) is 0 Å². The van der Waals surface area contributed by atoms with Crippen molar-refractivity contribution in [3.8, 4) is 0 Å². The number of fused-ring (bicyclic) bond motifs is 2. The number of ether oxygens (including phenoxy) is 1. The van der Waals surface area contributed by atoms with Crippen LogP contribution in [0.3, 0.4) is 0 Å². The maximum atomic E-state index is 11.9. The molecule has 2 aromatic heterocycles. The van der Waals surface area contributed by atoms with Crippen molar-refractivity contribution in [2.24, 2.45) is 0 Å². The molecule has 4 rings (SSSR count). The van der Waals surface area contributed by atoms with E-state index in [0.29, 0.717) is 13.2 Å². The highest BCUT2D eigenvalue weighted by Crippen LogP contribution is 2.38. The number of anilines is 1. The molecule has 1 atom stereocenters. The zero-order chi connectivity index (χ0) is 16.2. The van der Waals surface area contributed by atoms with Gasteiger partial charge in [-0.15, -0.1) is 11.3 Å². The smallest absolute Gasteiger partial charge is 0.410 e. The van der Waals surface area contributed by atoms with Gasteiger partial charge in [0.25, 0.3) is 0 Å². The van der Waals surface area contributed by atoms with Gasteiger partial charge >= 0.3 is 6.09 Å². The molecule has 2 aliphatic rings. The quantitative estimate of drug-likeness (QED) is 0.846. The van der Waals surface area contributed by atoms with Crippen LogP contribution < -0.4 is 4.90 Å². The predicted octanol–water partition coefficient (Wildman–Crippen LogP) is 2.73. The number of hydrogen-bond acceptors (Lipinski definition) is 6. The number of aryl methyl sites for hydroxylation is 2. The Balaban J connectivity index is 1.76. The number of piperazine rings is 1. The Morgan fingerprint density at radius 1 is 1.35 bits per heavy atom. The second-order valence-electron chi connectivity index (χ2n) is 6.37. The van der Waals surface area contributed by atoms with E-state index in [2.05, 4.69) is 35.6 Å². The lowest BCUT2D eigenvalue weighted by Crippen LogP contribution is -2.61. The molecule has 122 valence electrons. The van der Waals surface area contributed by atoms with E-state index in [-0.39, 0.29) is 11.6 Å². The molecule has 2 aliphatic heterocycles. The van der Waals surface area contributed by atoms with Gasteiger partial charge in [-0.1, -0.05) is 6.92 Å². The first kappa shape index (κ1) is 14.7. The minimum Gasteiger partial charge on any atom is -0.447 e. The van der Waals surface area contributed by atoms with Gasteiger partial charge in [-0.3, -0.25) is 4.90 Å². The van der Waals surface area contributed by atoms with Crippen LogP contribution >= 0.6 is 11.3 Å². The summed E-state index contributed by atoms with van der Waals surface area (Å²) in [6.45, 7) is 9.06. The number of carbonyl (C=O) groups excluding carboxylic acids is 1. The third-order valence-electron chi connectivity index (χ3n) is 5.24. The lowest BCUT2D eigenvalue weighted by molar-refractivity contribution is 0.137. The van der Waals surface area contributed by atoms with Crippen LogP contribution in [0.25, 0.3) is 10.2 Å². The summed E-state index contributed by atoms with van der Waals surface area (Å²) in [6, 6.07) is 0. The average molecular weight is 332 g/mol. The molecule has 2 saturated heterocycles. The van der Waals surface area contributed by atoms with Gasteiger partial charge in [-0.05, 0) is 25.8 Å². The average Bonchev–Trinajstić information content (AvgIpc) is 3.05. The molecule has 0 saturated carbocycles. The molecule has 1 unspecified atom stereocenters. The molecule has 7 heteroatoms. The largest absolute Gasteiger partial charge is 0.447 e. The van der Waals surface area contributed by atoms with Crippen molar-refractivity contribution in [3.05, 3.63) is 16.8 Å². The highest BCUT2D eigenvalue weighted by Gasteiger charge is 2.50. The Bertz CT molecular complexity index is 790. The van der Waals surface area contributed by atoms with Crippen LogP contribution in [0, 0.1) is 13.8 Å². The van der Waals surface area contributed by atoms with Crippen molar-refractivity contribution in [1.82, 2.24) is 14.9 Å². The molecular formula is C16H20N4O2S. The Morgan fingerprint density at radius 2 is 2.17 bits per heavy atom. The van der Waals surface area contributed by atoms with Crippen LogP contribution in [-0.4, -0.2) is 52.7 Å². The number of carbonyl (C=O) groups is 1. The fourth-order valence-corrected chi connectivity index (χ4v) is 4.64. The Labute approximate surface area is 139 Å². The molecule has 0 bridgehead atoms. The Morgan fingerprint density at radius 3 is 2.96 bits per heavy atom. The number of hydrogen-bond donors (Lipinski definition) is 0. The zero-order valence-electron chi connectivity index (χ0n) is 13.6. The minimum absolute atomic E-state index is 0.179. The molecule has 2 aromatic rings. The normalized spacial score (nSPS) is 24.2. The lowest BCUT2D eigenvalue weighted by Gasteiger charge is -2.44. The second-order valence-corrected chi connectivity index (χ2v) is 7.57. The minimum atomic E-state index is -0.231. The first-order valence-electron chi connectivity index (χ1n) is 7.96. The maximum Gasteiger partial charge on any atom is 0.410 e. The lowest BCUT2D eigenvalue weighted by atomic mass is 9.92. The van der Waals surface area contributed by atoms with Gasteiger partial charge in [0.1, 0.15) is 23.6 Å². The molecular weight excluding hydrogens is 312 g/mol. The highest BCUT2D eigenvalue weighted by atomic mass is 32.1. The van der Waals surface area contributed by atoms with Gasteiger partial charge in [-0.2, -0.15) is 0 Å². The second kappa shape index (κ2) is 5.06. The third-order valence-corrected chi connectivity index (χ3v) is 6.35. The van der Waals surface area contributed by atoms with E-state index in [1.54, 1.807) is 17.7 Å². The molecule has 0 N–H and O–H groups in total. The summed E-state index contributed by atoms with van der Waals surface area (Å²) in [5, 5.41) is 1.15. The van der Waals surface area contributed by atoms with E-state index in [9.17, 15) is 4.79 Å². The van der Waals surface area contributed by atoms with Crippen molar-refractivity contribution in [2.75, 3.05) is 31.1 Å². The zero-order valence-corrected chi connectivity index (χ0v) is 14.4. The number of thiophene rings is 1. The van der Waals surface area contributed by atoms with E-state index in [0.717, 1.165) is 35.5 Å². The number of nitrogens with zero attached hydrogens (tertiary/aromatic N) is 4. The number of rotatable bonds is 2. The summed E-state index contributed by atoms with van der Waals surface area (Å²) in [5.41, 5.74) is 1.03. The Hall–Kier alpha value is -1.89. The van der Waals surface area contributed by atoms with E-state index >= 15 is 0 Å². The molecule has 0 radical (unpaired) electrons. The molecule has 0 spiro atoms.